The Labute approximate surface area is 175 Å². The Balaban J connectivity index is 0.00000338. The number of aliphatic imine (C=N–C) groups is 1. The first-order valence-corrected chi connectivity index (χ1v) is 9.09. The second-order valence-electron chi connectivity index (χ2n) is 5.62. The number of benzene rings is 1. The fourth-order valence-electron chi connectivity index (χ4n) is 2.36. The number of carbonyl (C=O) groups excluding carboxylic acids is 1. The largest absolute Gasteiger partial charge is 0.351 e. The third kappa shape index (κ3) is 6.91. The molecule has 1 amide bonds. The summed E-state index contributed by atoms with van der Waals surface area (Å²) in [4.78, 5) is 21.8. The molecule has 0 aliphatic carbocycles. The van der Waals surface area contributed by atoms with Gasteiger partial charge in [-0.1, -0.05) is 19.1 Å². The number of thiazole rings is 1. The lowest BCUT2D eigenvalue weighted by atomic mass is 10.1. The van der Waals surface area contributed by atoms with Crippen LogP contribution < -0.4 is 16.0 Å². The molecule has 26 heavy (non-hydrogen) atoms. The normalized spacial score (nSPS) is 10.8. The van der Waals surface area contributed by atoms with Crippen LogP contribution in [-0.4, -0.2) is 30.4 Å². The SMILES string of the molecule is CCc1cccc(NC(=O)CNC(=NC)NCc2sc(C)nc2C)c1.I. The number of anilines is 1. The van der Waals surface area contributed by atoms with Gasteiger partial charge in [-0.3, -0.25) is 9.79 Å². The smallest absolute Gasteiger partial charge is 0.243 e. The zero-order valence-electron chi connectivity index (χ0n) is 15.5. The fourth-order valence-corrected chi connectivity index (χ4v) is 3.24. The number of nitrogens with one attached hydrogen (secondary N) is 3. The summed E-state index contributed by atoms with van der Waals surface area (Å²) in [6.07, 6.45) is 0.939. The van der Waals surface area contributed by atoms with Gasteiger partial charge < -0.3 is 16.0 Å². The molecule has 0 unspecified atom stereocenters. The van der Waals surface area contributed by atoms with Crippen molar-refractivity contribution in [2.45, 2.75) is 33.7 Å². The van der Waals surface area contributed by atoms with Crippen molar-refractivity contribution in [3.63, 3.8) is 0 Å². The number of nitrogens with zero attached hydrogens (tertiary/aromatic N) is 2. The minimum atomic E-state index is -0.110. The lowest BCUT2D eigenvalue weighted by Crippen LogP contribution is -2.41. The third-order valence-electron chi connectivity index (χ3n) is 3.67. The van der Waals surface area contributed by atoms with Gasteiger partial charge in [0, 0.05) is 17.6 Å². The summed E-state index contributed by atoms with van der Waals surface area (Å²) in [5, 5.41) is 10.2. The number of hydrogen-bond donors (Lipinski definition) is 3. The van der Waals surface area contributed by atoms with Crippen LogP contribution in [0.5, 0.6) is 0 Å². The average Bonchev–Trinajstić information content (AvgIpc) is 2.92. The Morgan fingerprint density at radius 1 is 1.27 bits per heavy atom. The van der Waals surface area contributed by atoms with Crippen LogP contribution in [0, 0.1) is 13.8 Å². The van der Waals surface area contributed by atoms with E-state index >= 15 is 0 Å². The first-order valence-electron chi connectivity index (χ1n) is 8.28. The third-order valence-corrected chi connectivity index (χ3v) is 4.75. The molecule has 8 heteroatoms. The number of guanidine groups is 1. The number of aryl methyl sites for hydroxylation is 3. The molecule has 0 aliphatic heterocycles. The second kappa shape index (κ2) is 11.1. The Hall–Kier alpha value is -1.68. The van der Waals surface area contributed by atoms with E-state index in [-0.39, 0.29) is 36.4 Å². The van der Waals surface area contributed by atoms with Crippen molar-refractivity contribution >= 4 is 52.9 Å². The Kier molecular flexibility index (Phi) is 9.57. The molecule has 0 fully saturated rings. The topological polar surface area (TPSA) is 78.4 Å². The molecule has 1 aromatic carbocycles. The van der Waals surface area contributed by atoms with E-state index in [1.807, 2.05) is 38.1 Å². The van der Waals surface area contributed by atoms with Gasteiger partial charge in [-0.05, 0) is 38.0 Å². The van der Waals surface area contributed by atoms with Crippen molar-refractivity contribution in [1.29, 1.82) is 0 Å². The van der Waals surface area contributed by atoms with Gasteiger partial charge >= 0.3 is 0 Å². The van der Waals surface area contributed by atoms with Crippen LogP contribution in [0.1, 0.15) is 28.1 Å². The molecule has 2 aromatic rings. The van der Waals surface area contributed by atoms with E-state index in [0.29, 0.717) is 12.5 Å². The molecule has 6 nitrogen and oxygen atoms in total. The van der Waals surface area contributed by atoms with E-state index in [2.05, 4.69) is 32.9 Å². The summed E-state index contributed by atoms with van der Waals surface area (Å²) in [7, 11) is 1.68. The van der Waals surface area contributed by atoms with Gasteiger partial charge in [0.2, 0.25) is 5.91 Å². The number of halogens is 1. The van der Waals surface area contributed by atoms with Crippen molar-refractivity contribution in [2.24, 2.45) is 4.99 Å². The summed E-state index contributed by atoms with van der Waals surface area (Å²) in [6, 6.07) is 7.86. The Bertz CT molecular complexity index is 760. The molecule has 0 atom stereocenters. The quantitative estimate of drug-likeness (QED) is 0.332. The molecule has 0 bridgehead atoms. The summed E-state index contributed by atoms with van der Waals surface area (Å²) in [6.45, 7) is 6.86. The molecule has 142 valence electrons. The second-order valence-corrected chi connectivity index (χ2v) is 6.91. The predicted molar refractivity (Wildman–Crippen MR) is 120 cm³/mol. The van der Waals surface area contributed by atoms with E-state index in [4.69, 9.17) is 0 Å². The van der Waals surface area contributed by atoms with Crippen molar-refractivity contribution in [2.75, 3.05) is 18.9 Å². The van der Waals surface area contributed by atoms with Crippen LogP contribution in [0.4, 0.5) is 5.69 Å². The molecule has 1 aromatic heterocycles. The maximum Gasteiger partial charge on any atom is 0.243 e. The van der Waals surface area contributed by atoms with Crippen LogP contribution in [-0.2, 0) is 17.8 Å². The first-order chi connectivity index (χ1) is 12.0. The highest BCUT2D eigenvalue weighted by molar-refractivity contribution is 14.0. The van der Waals surface area contributed by atoms with Gasteiger partial charge in [0.1, 0.15) is 0 Å². The van der Waals surface area contributed by atoms with E-state index in [1.165, 1.54) is 10.4 Å². The summed E-state index contributed by atoms with van der Waals surface area (Å²) in [5.41, 5.74) is 3.03. The predicted octanol–water partition coefficient (Wildman–Crippen LogP) is 3.24. The van der Waals surface area contributed by atoms with Gasteiger partial charge in [0.05, 0.1) is 23.8 Å². The highest BCUT2D eigenvalue weighted by Gasteiger charge is 2.07. The van der Waals surface area contributed by atoms with Gasteiger partial charge in [-0.15, -0.1) is 35.3 Å². The lowest BCUT2D eigenvalue weighted by Gasteiger charge is -2.12. The molecule has 0 spiro atoms. The van der Waals surface area contributed by atoms with Crippen LogP contribution in [0.25, 0.3) is 0 Å². The van der Waals surface area contributed by atoms with Crippen molar-refractivity contribution in [3.8, 4) is 0 Å². The lowest BCUT2D eigenvalue weighted by molar-refractivity contribution is -0.115. The van der Waals surface area contributed by atoms with Gasteiger partial charge in [0.25, 0.3) is 0 Å². The molecule has 2 rings (SSSR count). The van der Waals surface area contributed by atoms with Crippen LogP contribution >= 0.6 is 35.3 Å². The van der Waals surface area contributed by atoms with Gasteiger partial charge in [0.15, 0.2) is 5.96 Å². The number of rotatable bonds is 6. The minimum Gasteiger partial charge on any atom is -0.351 e. The van der Waals surface area contributed by atoms with Crippen molar-refractivity contribution in [1.82, 2.24) is 15.6 Å². The minimum absolute atomic E-state index is 0. The van der Waals surface area contributed by atoms with Gasteiger partial charge in [-0.25, -0.2) is 4.98 Å². The fraction of sp³-hybridized carbons (Fsp3) is 0.389. The molecule has 0 radical (unpaired) electrons. The zero-order chi connectivity index (χ0) is 18.2. The van der Waals surface area contributed by atoms with Gasteiger partial charge in [-0.2, -0.15) is 0 Å². The van der Waals surface area contributed by atoms with E-state index < -0.39 is 0 Å². The zero-order valence-corrected chi connectivity index (χ0v) is 18.7. The number of hydrogen-bond acceptors (Lipinski definition) is 4. The number of carbonyl (C=O) groups is 1. The summed E-state index contributed by atoms with van der Waals surface area (Å²) in [5.74, 6) is 0.476. The highest BCUT2D eigenvalue weighted by atomic mass is 127. The summed E-state index contributed by atoms with van der Waals surface area (Å²) >= 11 is 1.66. The maximum atomic E-state index is 12.1. The maximum absolute atomic E-state index is 12.1. The van der Waals surface area contributed by atoms with Crippen LogP contribution in [0.2, 0.25) is 0 Å². The van der Waals surface area contributed by atoms with Crippen molar-refractivity contribution < 1.29 is 4.79 Å². The highest BCUT2D eigenvalue weighted by Crippen LogP contribution is 2.16. The van der Waals surface area contributed by atoms with E-state index in [0.717, 1.165) is 22.8 Å². The van der Waals surface area contributed by atoms with E-state index in [9.17, 15) is 4.79 Å². The molecule has 1 heterocycles. The number of aromatic nitrogens is 1. The molecule has 0 aliphatic rings. The molecule has 3 N–H and O–H groups in total. The molecular weight excluding hydrogens is 461 g/mol. The van der Waals surface area contributed by atoms with Crippen LogP contribution in [0.3, 0.4) is 0 Å². The number of amides is 1. The standard InChI is InChI=1S/C18H25N5OS.HI/c1-5-14-7-6-8-15(9-14)23-17(24)11-21-18(19-4)20-10-16-12(2)22-13(3)25-16;/h6-9H,5,10-11H2,1-4H3,(H,23,24)(H2,19,20,21);1H. The molecule has 0 saturated carbocycles. The van der Waals surface area contributed by atoms with Crippen LogP contribution in [0.15, 0.2) is 29.3 Å². The Morgan fingerprint density at radius 3 is 2.65 bits per heavy atom. The molecule has 0 saturated heterocycles. The Morgan fingerprint density at radius 2 is 2.04 bits per heavy atom. The van der Waals surface area contributed by atoms with E-state index in [1.54, 1.807) is 18.4 Å². The average molecular weight is 487 g/mol. The first kappa shape index (κ1) is 22.4. The molecular formula is C18H26IN5OS. The monoisotopic (exact) mass is 487 g/mol. The summed E-state index contributed by atoms with van der Waals surface area (Å²) < 4.78 is 0. The van der Waals surface area contributed by atoms with Crippen molar-refractivity contribution in [3.05, 3.63) is 45.4 Å².